The van der Waals surface area contributed by atoms with E-state index in [1.54, 1.807) is 12.1 Å². The van der Waals surface area contributed by atoms with Crippen LogP contribution in [0.2, 0.25) is 0 Å². The molecule has 1 heterocycles. The zero-order valence-corrected chi connectivity index (χ0v) is 6.72. The third-order valence-corrected chi connectivity index (χ3v) is 1.50. The van der Waals surface area contributed by atoms with Crippen molar-refractivity contribution in [3.05, 3.63) is 17.8 Å². The fraction of sp³-hybridized carbons (Fsp3) is 0.375. The highest BCUT2D eigenvalue weighted by Gasteiger charge is 2.10. The van der Waals surface area contributed by atoms with Crippen LogP contribution in [0.4, 0.5) is 5.82 Å². The summed E-state index contributed by atoms with van der Waals surface area (Å²) in [5.41, 5.74) is 6.00. The van der Waals surface area contributed by atoms with Crippen molar-refractivity contribution in [3.8, 4) is 0 Å². The molecule has 0 atom stereocenters. The lowest BCUT2D eigenvalue weighted by molar-refractivity contribution is 0.0935. The number of ketones is 1. The van der Waals surface area contributed by atoms with E-state index >= 15 is 0 Å². The molecule has 11 heavy (non-hydrogen) atoms. The van der Waals surface area contributed by atoms with Crippen LogP contribution in [0.5, 0.6) is 0 Å². The standard InChI is InChI=1S/C8H12N2O/c1-5(2)8(11)6-3-4-7(9)10-6/h3-5,10H,9H2,1-2H3. The number of nitrogens with two attached hydrogens (primary N) is 1. The summed E-state index contributed by atoms with van der Waals surface area (Å²) in [4.78, 5) is 14.1. The third-order valence-electron chi connectivity index (χ3n) is 1.50. The van der Waals surface area contributed by atoms with Gasteiger partial charge in [-0.05, 0) is 12.1 Å². The van der Waals surface area contributed by atoms with Crippen molar-refractivity contribution >= 4 is 11.6 Å². The minimum Gasteiger partial charge on any atom is -0.385 e. The summed E-state index contributed by atoms with van der Waals surface area (Å²) in [6.45, 7) is 3.72. The zero-order valence-electron chi connectivity index (χ0n) is 6.72. The summed E-state index contributed by atoms with van der Waals surface area (Å²) < 4.78 is 0. The molecule has 0 fully saturated rings. The molecule has 3 N–H and O–H groups in total. The molecule has 0 aliphatic heterocycles. The molecule has 0 bridgehead atoms. The van der Waals surface area contributed by atoms with Gasteiger partial charge in [-0.15, -0.1) is 0 Å². The van der Waals surface area contributed by atoms with Crippen LogP contribution in [0.25, 0.3) is 0 Å². The van der Waals surface area contributed by atoms with Crippen LogP contribution < -0.4 is 5.73 Å². The maximum absolute atomic E-state index is 11.3. The molecule has 0 spiro atoms. The Labute approximate surface area is 65.6 Å². The average molecular weight is 152 g/mol. The molecule has 0 unspecified atom stereocenters. The highest BCUT2D eigenvalue weighted by atomic mass is 16.1. The van der Waals surface area contributed by atoms with Crippen molar-refractivity contribution in [1.29, 1.82) is 0 Å². The zero-order chi connectivity index (χ0) is 8.43. The van der Waals surface area contributed by atoms with E-state index in [2.05, 4.69) is 4.98 Å². The Morgan fingerprint density at radius 1 is 1.55 bits per heavy atom. The van der Waals surface area contributed by atoms with Crippen molar-refractivity contribution in [2.45, 2.75) is 13.8 Å². The number of Topliss-reactive ketones (excluding diaryl/α,β-unsaturated/α-hetero) is 1. The summed E-state index contributed by atoms with van der Waals surface area (Å²) in [7, 11) is 0. The Hall–Kier alpha value is -1.25. The minimum absolute atomic E-state index is 0.0213. The SMILES string of the molecule is CC(C)C(=O)c1ccc(N)[nH]1. The molecule has 1 rings (SSSR count). The van der Waals surface area contributed by atoms with Gasteiger partial charge in [0.15, 0.2) is 5.78 Å². The van der Waals surface area contributed by atoms with Gasteiger partial charge >= 0.3 is 0 Å². The summed E-state index contributed by atoms with van der Waals surface area (Å²) in [6.07, 6.45) is 0. The van der Waals surface area contributed by atoms with E-state index in [9.17, 15) is 4.79 Å². The van der Waals surface area contributed by atoms with E-state index in [0.29, 0.717) is 11.5 Å². The predicted octanol–water partition coefficient (Wildman–Crippen LogP) is 1.44. The van der Waals surface area contributed by atoms with Gasteiger partial charge in [0.1, 0.15) is 5.82 Å². The van der Waals surface area contributed by atoms with Gasteiger partial charge in [0.05, 0.1) is 5.69 Å². The first kappa shape index (κ1) is 7.85. The molecule has 0 saturated carbocycles. The molecule has 0 radical (unpaired) electrons. The number of nitrogens with one attached hydrogen (secondary N) is 1. The van der Waals surface area contributed by atoms with Gasteiger partial charge in [-0.25, -0.2) is 0 Å². The second kappa shape index (κ2) is 2.78. The topological polar surface area (TPSA) is 58.9 Å². The van der Waals surface area contributed by atoms with E-state index in [0.717, 1.165) is 0 Å². The molecule has 0 amide bonds. The lowest BCUT2D eigenvalue weighted by atomic mass is 10.1. The Morgan fingerprint density at radius 2 is 2.18 bits per heavy atom. The van der Waals surface area contributed by atoms with E-state index in [4.69, 9.17) is 5.73 Å². The molecule has 0 aliphatic rings. The summed E-state index contributed by atoms with van der Waals surface area (Å²) >= 11 is 0. The second-order valence-corrected chi connectivity index (χ2v) is 2.85. The number of aromatic amines is 1. The number of anilines is 1. The molecule has 3 nitrogen and oxygen atoms in total. The fourth-order valence-electron chi connectivity index (χ4n) is 0.867. The third kappa shape index (κ3) is 1.61. The number of aromatic nitrogens is 1. The van der Waals surface area contributed by atoms with Crippen LogP contribution in [0.15, 0.2) is 12.1 Å². The molecule has 1 aromatic rings. The number of hydrogen-bond acceptors (Lipinski definition) is 2. The van der Waals surface area contributed by atoms with Gasteiger partial charge in [-0.1, -0.05) is 13.8 Å². The smallest absolute Gasteiger partial charge is 0.181 e. The number of carbonyl (C=O) groups excluding carboxylic acids is 1. The first-order valence-corrected chi connectivity index (χ1v) is 3.60. The molecular weight excluding hydrogens is 140 g/mol. The van der Waals surface area contributed by atoms with Crippen LogP contribution in [0.3, 0.4) is 0 Å². The molecular formula is C8H12N2O. The lowest BCUT2D eigenvalue weighted by Crippen LogP contribution is -2.07. The van der Waals surface area contributed by atoms with Crippen LogP contribution in [-0.4, -0.2) is 10.8 Å². The highest BCUT2D eigenvalue weighted by molar-refractivity contribution is 5.96. The first-order chi connectivity index (χ1) is 5.11. The van der Waals surface area contributed by atoms with Gasteiger partial charge in [-0.3, -0.25) is 4.79 Å². The Kier molecular flexibility index (Phi) is 1.98. The van der Waals surface area contributed by atoms with E-state index in [-0.39, 0.29) is 11.7 Å². The van der Waals surface area contributed by atoms with E-state index < -0.39 is 0 Å². The maximum atomic E-state index is 11.3. The molecule has 0 aliphatic carbocycles. The Bertz CT molecular complexity index is 263. The van der Waals surface area contributed by atoms with Crippen LogP contribution >= 0.6 is 0 Å². The average Bonchev–Trinajstić information content (AvgIpc) is 2.34. The molecule has 60 valence electrons. The maximum Gasteiger partial charge on any atom is 0.181 e. The largest absolute Gasteiger partial charge is 0.385 e. The number of rotatable bonds is 2. The van der Waals surface area contributed by atoms with Crippen LogP contribution in [-0.2, 0) is 0 Å². The summed E-state index contributed by atoms with van der Waals surface area (Å²) in [5.74, 6) is 0.656. The minimum atomic E-state index is 0.0213. The second-order valence-electron chi connectivity index (χ2n) is 2.85. The van der Waals surface area contributed by atoms with Gasteiger partial charge in [0, 0.05) is 5.92 Å². The molecule has 3 heteroatoms. The predicted molar refractivity (Wildman–Crippen MR) is 44.4 cm³/mol. The summed E-state index contributed by atoms with van der Waals surface area (Å²) in [6, 6.07) is 3.40. The highest BCUT2D eigenvalue weighted by Crippen LogP contribution is 2.08. The number of H-pyrrole nitrogens is 1. The van der Waals surface area contributed by atoms with Crippen molar-refractivity contribution in [1.82, 2.24) is 4.98 Å². The Balaban J connectivity index is 2.85. The van der Waals surface area contributed by atoms with Gasteiger partial charge in [0.2, 0.25) is 0 Å². The van der Waals surface area contributed by atoms with Gasteiger partial charge in [-0.2, -0.15) is 0 Å². The normalized spacial score (nSPS) is 10.5. The van der Waals surface area contributed by atoms with E-state index in [1.165, 1.54) is 0 Å². The molecule has 0 aromatic carbocycles. The van der Waals surface area contributed by atoms with Crippen molar-refractivity contribution < 1.29 is 4.79 Å². The summed E-state index contributed by atoms with van der Waals surface area (Å²) in [5, 5.41) is 0. The van der Waals surface area contributed by atoms with Crippen LogP contribution in [0, 0.1) is 5.92 Å². The quantitative estimate of drug-likeness (QED) is 0.630. The Morgan fingerprint density at radius 3 is 2.55 bits per heavy atom. The number of carbonyl (C=O) groups is 1. The van der Waals surface area contributed by atoms with Gasteiger partial charge in [0.25, 0.3) is 0 Å². The van der Waals surface area contributed by atoms with Crippen molar-refractivity contribution in [3.63, 3.8) is 0 Å². The van der Waals surface area contributed by atoms with Crippen molar-refractivity contribution in [2.75, 3.05) is 5.73 Å². The lowest BCUT2D eigenvalue weighted by Gasteiger charge is -1.99. The molecule has 0 saturated heterocycles. The number of hydrogen-bond donors (Lipinski definition) is 2. The van der Waals surface area contributed by atoms with Crippen molar-refractivity contribution in [2.24, 2.45) is 5.92 Å². The van der Waals surface area contributed by atoms with Gasteiger partial charge < -0.3 is 10.7 Å². The molecule has 1 aromatic heterocycles. The van der Waals surface area contributed by atoms with E-state index in [1.807, 2.05) is 13.8 Å². The monoisotopic (exact) mass is 152 g/mol. The first-order valence-electron chi connectivity index (χ1n) is 3.60. The van der Waals surface area contributed by atoms with Crippen LogP contribution in [0.1, 0.15) is 24.3 Å². The number of nitrogen functional groups attached to an aromatic ring is 1. The fourth-order valence-corrected chi connectivity index (χ4v) is 0.867.